The Balaban J connectivity index is 1.91. The van der Waals surface area contributed by atoms with E-state index >= 15 is 0 Å². The fourth-order valence-electron chi connectivity index (χ4n) is 2.84. The summed E-state index contributed by atoms with van der Waals surface area (Å²) >= 11 is 5.94. The number of sulfonamides is 1. The molecule has 1 N–H and O–H groups in total. The van der Waals surface area contributed by atoms with Crippen LogP contribution in [0.25, 0.3) is 0 Å². The van der Waals surface area contributed by atoms with Crippen LogP contribution in [0.4, 0.5) is 17.1 Å². The summed E-state index contributed by atoms with van der Waals surface area (Å²) in [5.74, 6) is -0.435. The first-order valence-corrected chi connectivity index (χ1v) is 10.3. The highest BCUT2D eigenvalue weighted by atomic mass is 35.5. The number of carbonyl (C=O) groups is 1. The smallest absolute Gasteiger partial charge is 0.274 e. The summed E-state index contributed by atoms with van der Waals surface area (Å²) in [6.07, 6.45) is -0.134. The Bertz CT molecular complexity index is 1070. The maximum atomic E-state index is 12.7. The summed E-state index contributed by atoms with van der Waals surface area (Å²) in [7, 11) is -3.70. The number of nitro groups is 1. The van der Waals surface area contributed by atoms with E-state index in [0.29, 0.717) is 5.02 Å². The van der Waals surface area contributed by atoms with E-state index in [-0.39, 0.29) is 34.9 Å². The van der Waals surface area contributed by atoms with Crippen molar-refractivity contribution in [2.45, 2.75) is 13.0 Å². The quantitative estimate of drug-likeness (QED) is 0.594. The van der Waals surface area contributed by atoms with Crippen LogP contribution in [0.3, 0.4) is 0 Å². The van der Waals surface area contributed by atoms with E-state index in [9.17, 15) is 23.3 Å². The molecule has 1 atom stereocenters. The molecule has 0 saturated heterocycles. The Labute approximate surface area is 166 Å². The number of hydrogen-bond donors (Lipinski definition) is 1. The van der Waals surface area contributed by atoms with Crippen LogP contribution >= 0.6 is 11.6 Å². The van der Waals surface area contributed by atoms with Gasteiger partial charge in [-0.2, -0.15) is 0 Å². The van der Waals surface area contributed by atoms with Crippen molar-refractivity contribution in [3.8, 4) is 5.75 Å². The molecule has 1 amide bonds. The first kappa shape index (κ1) is 19.9. The van der Waals surface area contributed by atoms with Crippen molar-refractivity contribution < 1.29 is 22.9 Å². The van der Waals surface area contributed by atoms with E-state index in [0.717, 1.165) is 10.6 Å². The largest absolute Gasteiger partial charge is 0.476 e. The number of nitrogens with one attached hydrogen (secondary N) is 1. The number of benzene rings is 2. The molecule has 0 saturated carbocycles. The van der Waals surface area contributed by atoms with Crippen LogP contribution in [0, 0.1) is 17.0 Å². The highest BCUT2D eigenvalue weighted by Gasteiger charge is 2.35. The van der Waals surface area contributed by atoms with Gasteiger partial charge in [-0.05, 0) is 31.2 Å². The number of hydrogen-bond acceptors (Lipinski definition) is 6. The third-order valence-electron chi connectivity index (χ3n) is 4.24. The number of rotatable bonds is 4. The molecule has 148 valence electrons. The topological polar surface area (TPSA) is 119 Å². The average Bonchev–Trinajstić information content (AvgIpc) is 2.61. The zero-order valence-corrected chi connectivity index (χ0v) is 16.5. The standard InChI is InChI=1S/C17H16ClN3O6S/c1-10-12(4-3-5-13(10)21(23)24)19-17(22)16-9-20(28(2,25)26)14-8-11(18)6-7-15(14)27-16/h3-8,16H,9H2,1-2H3,(H,19,22)/t16-/m0/s1. The summed E-state index contributed by atoms with van der Waals surface area (Å²) in [4.78, 5) is 23.2. The van der Waals surface area contributed by atoms with Crippen molar-refractivity contribution in [2.75, 3.05) is 22.4 Å². The average molecular weight is 426 g/mol. The predicted molar refractivity (Wildman–Crippen MR) is 105 cm³/mol. The monoisotopic (exact) mass is 425 g/mol. The number of anilines is 2. The third kappa shape index (κ3) is 3.87. The zero-order valence-electron chi connectivity index (χ0n) is 14.9. The zero-order chi connectivity index (χ0) is 20.6. The lowest BCUT2D eigenvalue weighted by atomic mass is 10.1. The summed E-state index contributed by atoms with van der Waals surface area (Å²) in [6, 6.07) is 8.73. The molecular formula is C17H16ClN3O6S. The molecule has 28 heavy (non-hydrogen) atoms. The van der Waals surface area contributed by atoms with Gasteiger partial charge in [-0.1, -0.05) is 17.7 Å². The van der Waals surface area contributed by atoms with Crippen LogP contribution in [0.1, 0.15) is 5.56 Å². The van der Waals surface area contributed by atoms with Gasteiger partial charge in [0.25, 0.3) is 11.6 Å². The second-order valence-corrected chi connectivity index (χ2v) is 8.55. The van der Waals surface area contributed by atoms with Crippen molar-refractivity contribution in [1.82, 2.24) is 0 Å². The molecule has 0 unspecified atom stereocenters. The van der Waals surface area contributed by atoms with Crippen molar-refractivity contribution >= 4 is 44.6 Å². The van der Waals surface area contributed by atoms with E-state index < -0.39 is 27.0 Å². The van der Waals surface area contributed by atoms with Crippen molar-refractivity contribution in [2.24, 2.45) is 0 Å². The molecule has 0 radical (unpaired) electrons. The highest BCUT2D eigenvalue weighted by molar-refractivity contribution is 7.92. The molecule has 0 fully saturated rings. The lowest BCUT2D eigenvalue weighted by Gasteiger charge is -2.34. The molecule has 3 rings (SSSR count). The van der Waals surface area contributed by atoms with E-state index in [1.807, 2.05) is 0 Å². The van der Waals surface area contributed by atoms with E-state index in [4.69, 9.17) is 16.3 Å². The molecular weight excluding hydrogens is 410 g/mol. The Morgan fingerprint density at radius 3 is 2.71 bits per heavy atom. The number of ether oxygens (including phenoxy) is 1. The first-order valence-electron chi connectivity index (χ1n) is 8.06. The second kappa shape index (κ2) is 7.28. The molecule has 1 aliphatic rings. The van der Waals surface area contributed by atoms with Gasteiger partial charge in [0.05, 0.1) is 34.7 Å². The molecule has 0 aliphatic carbocycles. The highest BCUT2D eigenvalue weighted by Crippen LogP contribution is 2.37. The minimum absolute atomic E-state index is 0.139. The summed E-state index contributed by atoms with van der Waals surface area (Å²) in [5, 5.41) is 14.0. The summed E-state index contributed by atoms with van der Waals surface area (Å²) in [6.45, 7) is 1.25. The van der Waals surface area contributed by atoms with E-state index in [1.54, 1.807) is 0 Å². The van der Waals surface area contributed by atoms with Crippen LogP contribution in [-0.4, -0.2) is 38.2 Å². The molecule has 2 aromatic rings. The van der Waals surface area contributed by atoms with Gasteiger partial charge in [0.1, 0.15) is 5.75 Å². The summed E-state index contributed by atoms with van der Waals surface area (Å²) in [5.41, 5.74) is 0.630. The van der Waals surface area contributed by atoms with Gasteiger partial charge in [0, 0.05) is 11.1 Å². The maximum Gasteiger partial charge on any atom is 0.274 e. The Morgan fingerprint density at radius 2 is 2.07 bits per heavy atom. The lowest BCUT2D eigenvalue weighted by Crippen LogP contribution is -2.48. The SMILES string of the molecule is Cc1c(NC(=O)[C@@H]2CN(S(C)(=O)=O)c3cc(Cl)ccc3O2)cccc1[N+](=O)[O-]. The van der Waals surface area contributed by atoms with Crippen molar-refractivity contribution in [3.63, 3.8) is 0 Å². The molecule has 1 aliphatic heterocycles. The van der Waals surface area contributed by atoms with Gasteiger partial charge in [-0.25, -0.2) is 8.42 Å². The number of carbonyl (C=O) groups excluding carboxylic acids is 1. The molecule has 11 heteroatoms. The normalized spacial score (nSPS) is 16.1. The number of fused-ring (bicyclic) bond motifs is 1. The van der Waals surface area contributed by atoms with Crippen molar-refractivity contribution in [3.05, 3.63) is 57.1 Å². The second-order valence-electron chi connectivity index (χ2n) is 6.21. The van der Waals surface area contributed by atoms with E-state index in [1.165, 1.54) is 43.3 Å². The Kier molecular flexibility index (Phi) is 5.18. The molecule has 1 heterocycles. The Morgan fingerprint density at radius 1 is 1.36 bits per heavy atom. The fraction of sp³-hybridized carbons (Fsp3) is 0.235. The third-order valence-corrected chi connectivity index (χ3v) is 5.62. The van der Waals surface area contributed by atoms with Crippen LogP contribution in [0.2, 0.25) is 5.02 Å². The maximum absolute atomic E-state index is 12.7. The summed E-state index contributed by atoms with van der Waals surface area (Å²) < 4.78 is 31.1. The molecule has 2 aromatic carbocycles. The molecule has 0 aromatic heterocycles. The number of halogens is 1. The fourth-order valence-corrected chi connectivity index (χ4v) is 3.92. The van der Waals surface area contributed by atoms with Gasteiger partial charge in [-0.3, -0.25) is 19.2 Å². The van der Waals surface area contributed by atoms with Gasteiger partial charge in [-0.15, -0.1) is 0 Å². The molecule has 0 spiro atoms. The minimum atomic E-state index is -3.70. The first-order chi connectivity index (χ1) is 13.1. The lowest BCUT2D eigenvalue weighted by molar-refractivity contribution is -0.385. The van der Waals surface area contributed by atoms with E-state index in [2.05, 4.69) is 5.32 Å². The number of nitro benzene ring substituents is 1. The number of nitrogens with zero attached hydrogens (tertiary/aromatic N) is 2. The van der Waals surface area contributed by atoms with Crippen LogP contribution in [0.5, 0.6) is 5.75 Å². The van der Waals surface area contributed by atoms with Gasteiger partial charge < -0.3 is 10.1 Å². The minimum Gasteiger partial charge on any atom is -0.476 e. The van der Waals surface area contributed by atoms with Gasteiger partial charge >= 0.3 is 0 Å². The van der Waals surface area contributed by atoms with Crippen LogP contribution in [0.15, 0.2) is 36.4 Å². The number of amides is 1. The molecule has 9 nitrogen and oxygen atoms in total. The van der Waals surface area contributed by atoms with Crippen molar-refractivity contribution in [1.29, 1.82) is 0 Å². The Hall–Kier alpha value is -2.85. The van der Waals surface area contributed by atoms with Crippen LogP contribution < -0.4 is 14.4 Å². The predicted octanol–water partition coefficient (Wildman–Crippen LogP) is 2.72. The van der Waals surface area contributed by atoms with Gasteiger partial charge in [0.15, 0.2) is 6.10 Å². The molecule has 0 bridgehead atoms. The van der Waals surface area contributed by atoms with Gasteiger partial charge in [0.2, 0.25) is 10.0 Å². The van der Waals surface area contributed by atoms with Crippen LogP contribution in [-0.2, 0) is 14.8 Å².